The average molecular weight is 501 g/mol. The van der Waals surface area contributed by atoms with E-state index in [9.17, 15) is 5.11 Å². The van der Waals surface area contributed by atoms with E-state index in [1.54, 1.807) is 0 Å². The van der Waals surface area contributed by atoms with Crippen LogP contribution in [0.4, 0.5) is 0 Å². The molecule has 3 unspecified atom stereocenters. The molecule has 0 radical (unpaired) electrons. The third-order valence-corrected chi connectivity index (χ3v) is 5.81. The highest BCUT2D eigenvalue weighted by Gasteiger charge is 2.42. The molecule has 2 N–H and O–H groups in total. The van der Waals surface area contributed by atoms with Crippen LogP contribution in [0.5, 0.6) is 11.5 Å². The Morgan fingerprint density at radius 3 is 2.79 bits per heavy atom. The molecule has 7 heteroatoms. The minimum atomic E-state index is -0.171. The maximum Gasteiger partial charge on any atom is 0.193 e. The number of halogens is 1. The molecule has 1 aliphatic carbocycles. The number of aliphatic imine (C=N–C) groups is 1. The molecule has 0 amide bonds. The number of hydrogen-bond donors (Lipinski definition) is 2. The van der Waals surface area contributed by atoms with Crippen molar-refractivity contribution in [2.75, 3.05) is 26.7 Å². The summed E-state index contributed by atoms with van der Waals surface area (Å²) in [4.78, 5) is 6.71. The normalized spacial score (nSPS) is 26.9. The number of nitrogens with zero attached hydrogens (tertiary/aromatic N) is 2. The van der Waals surface area contributed by atoms with Crippen molar-refractivity contribution in [3.63, 3.8) is 0 Å². The fraction of sp³-hybridized carbons (Fsp3) is 0.667. The first-order valence-corrected chi connectivity index (χ1v) is 10.2. The number of aliphatic hydroxyl groups excluding tert-OH is 1. The molecule has 6 nitrogen and oxygen atoms in total. The molecule has 4 rings (SSSR count). The molecular formula is C21H32IN3O3. The largest absolute Gasteiger partial charge is 0.494 e. The number of benzene rings is 1. The van der Waals surface area contributed by atoms with Crippen LogP contribution in [0.25, 0.3) is 0 Å². The second-order valence-corrected chi connectivity index (χ2v) is 7.92. The number of likely N-dealkylation sites (tertiary alicyclic amines) is 1. The van der Waals surface area contributed by atoms with Crippen molar-refractivity contribution in [3.05, 3.63) is 23.3 Å². The molecular weight excluding hydrogens is 469 g/mol. The highest BCUT2D eigenvalue weighted by Crippen LogP contribution is 2.48. The third kappa shape index (κ3) is 4.50. The van der Waals surface area contributed by atoms with E-state index in [-0.39, 0.29) is 36.2 Å². The van der Waals surface area contributed by atoms with Crippen LogP contribution < -0.4 is 14.8 Å². The minimum absolute atomic E-state index is 0. The van der Waals surface area contributed by atoms with Crippen LogP contribution in [0.3, 0.4) is 0 Å². The van der Waals surface area contributed by atoms with Gasteiger partial charge in [-0.25, -0.2) is 0 Å². The van der Waals surface area contributed by atoms with Gasteiger partial charge >= 0.3 is 0 Å². The van der Waals surface area contributed by atoms with E-state index in [1.165, 1.54) is 11.1 Å². The van der Waals surface area contributed by atoms with Crippen LogP contribution in [0, 0.1) is 0 Å². The van der Waals surface area contributed by atoms with Crippen LogP contribution in [-0.4, -0.2) is 61.0 Å². The zero-order chi connectivity index (χ0) is 19.0. The van der Waals surface area contributed by atoms with Crippen LogP contribution in [0.1, 0.15) is 50.2 Å². The fourth-order valence-electron chi connectivity index (χ4n) is 4.26. The second-order valence-electron chi connectivity index (χ2n) is 7.92. The second kappa shape index (κ2) is 9.07. The van der Waals surface area contributed by atoms with Gasteiger partial charge in [-0.2, -0.15) is 0 Å². The molecule has 2 fully saturated rings. The molecule has 1 saturated carbocycles. The monoisotopic (exact) mass is 501 g/mol. The summed E-state index contributed by atoms with van der Waals surface area (Å²) in [6, 6.07) is 4.73. The lowest BCUT2D eigenvalue weighted by atomic mass is 10.0. The van der Waals surface area contributed by atoms with E-state index in [0.717, 1.165) is 56.2 Å². The molecule has 2 heterocycles. The Labute approximate surface area is 184 Å². The van der Waals surface area contributed by atoms with Crippen LogP contribution >= 0.6 is 24.0 Å². The van der Waals surface area contributed by atoms with Gasteiger partial charge in [0.25, 0.3) is 0 Å². The van der Waals surface area contributed by atoms with Gasteiger partial charge in [0.05, 0.1) is 12.7 Å². The van der Waals surface area contributed by atoms with Crippen molar-refractivity contribution in [2.45, 2.75) is 63.7 Å². The van der Waals surface area contributed by atoms with Crippen LogP contribution in [0.15, 0.2) is 17.1 Å². The molecule has 3 aliphatic rings. The number of piperidine rings is 1. The van der Waals surface area contributed by atoms with Crippen LogP contribution in [-0.2, 0) is 6.42 Å². The van der Waals surface area contributed by atoms with Gasteiger partial charge in [-0.3, -0.25) is 4.99 Å². The molecule has 28 heavy (non-hydrogen) atoms. The van der Waals surface area contributed by atoms with E-state index >= 15 is 0 Å². The van der Waals surface area contributed by atoms with Gasteiger partial charge in [-0.1, -0.05) is 0 Å². The van der Waals surface area contributed by atoms with Crippen molar-refractivity contribution in [1.82, 2.24) is 10.2 Å². The third-order valence-electron chi connectivity index (χ3n) is 5.81. The lowest BCUT2D eigenvalue weighted by Gasteiger charge is -2.32. The Balaban J connectivity index is 0.00000225. The maximum absolute atomic E-state index is 9.73. The molecule has 1 saturated heterocycles. The van der Waals surface area contributed by atoms with Crippen LogP contribution in [0.2, 0.25) is 0 Å². The van der Waals surface area contributed by atoms with Gasteiger partial charge in [0, 0.05) is 49.6 Å². The van der Waals surface area contributed by atoms with E-state index in [2.05, 4.69) is 34.3 Å². The molecule has 1 aromatic rings. The van der Waals surface area contributed by atoms with Gasteiger partial charge in [0.1, 0.15) is 17.6 Å². The van der Waals surface area contributed by atoms with E-state index in [1.807, 2.05) is 14.0 Å². The fourth-order valence-corrected chi connectivity index (χ4v) is 4.26. The maximum atomic E-state index is 9.73. The molecule has 0 spiro atoms. The molecule has 0 aromatic heterocycles. The lowest BCUT2D eigenvalue weighted by Crippen LogP contribution is -2.47. The number of nitrogens with one attached hydrogen (secondary N) is 1. The number of ether oxygens (including phenoxy) is 2. The van der Waals surface area contributed by atoms with Gasteiger partial charge in [0.2, 0.25) is 0 Å². The van der Waals surface area contributed by atoms with Crippen molar-refractivity contribution in [1.29, 1.82) is 0 Å². The lowest BCUT2D eigenvalue weighted by molar-refractivity contribution is 0.108. The van der Waals surface area contributed by atoms with Crippen molar-refractivity contribution in [2.24, 2.45) is 4.99 Å². The summed E-state index contributed by atoms with van der Waals surface area (Å²) in [6.45, 7) is 6.53. The van der Waals surface area contributed by atoms with Crippen molar-refractivity contribution in [3.8, 4) is 11.5 Å². The van der Waals surface area contributed by atoms with Gasteiger partial charge in [0.15, 0.2) is 5.96 Å². The zero-order valence-electron chi connectivity index (χ0n) is 17.0. The number of fused-ring (bicyclic) bond motifs is 1. The van der Waals surface area contributed by atoms with E-state index in [0.29, 0.717) is 18.6 Å². The van der Waals surface area contributed by atoms with Crippen molar-refractivity contribution < 1.29 is 14.6 Å². The summed E-state index contributed by atoms with van der Waals surface area (Å²) in [6.07, 6.45) is 3.72. The summed E-state index contributed by atoms with van der Waals surface area (Å²) in [7, 11) is 1.83. The average Bonchev–Trinajstić information content (AvgIpc) is 3.32. The number of guanidine groups is 1. The Bertz CT molecular complexity index is 719. The Hall–Kier alpha value is -1.22. The quantitative estimate of drug-likeness (QED) is 0.378. The molecule has 0 bridgehead atoms. The predicted molar refractivity (Wildman–Crippen MR) is 121 cm³/mol. The summed E-state index contributed by atoms with van der Waals surface area (Å²) in [5, 5.41) is 13.3. The SMILES string of the molecule is CCOc1cc2c(cc1C1CC1NC(=NC)N1CCC(O)CC1)OC(C)C2.I. The summed E-state index contributed by atoms with van der Waals surface area (Å²) >= 11 is 0. The smallest absolute Gasteiger partial charge is 0.193 e. The summed E-state index contributed by atoms with van der Waals surface area (Å²) in [5.74, 6) is 3.38. The molecule has 1 aromatic carbocycles. The Kier molecular flexibility index (Phi) is 6.96. The van der Waals surface area contributed by atoms with Gasteiger partial charge < -0.3 is 24.8 Å². The first kappa shape index (κ1) is 21.5. The van der Waals surface area contributed by atoms with Gasteiger partial charge in [-0.15, -0.1) is 24.0 Å². The Morgan fingerprint density at radius 1 is 1.36 bits per heavy atom. The highest BCUT2D eigenvalue weighted by molar-refractivity contribution is 14.0. The number of rotatable bonds is 4. The Morgan fingerprint density at radius 2 is 2.11 bits per heavy atom. The summed E-state index contributed by atoms with van der Waals surface area (Å²) in [5.41, 5.74) is 2.49. The highest BCUT2D eigenvalue weighted by atomic mass is 127. The standard InChI is InChI=1S/C21H31N3O3.HI/c1-4-26-20-10-14-9-13(2)27-19(14)12-17(20)16-11-18(16)23-21(22-3)24-7-5-15(25)6-8-24;/h10,12-13,15-16,18,25H,4-9,11H2,1-3H3,(H,22,23);1H. The number of hydrogen-bond acceptors (Lipinski definition) is 4. The van der Waals surface area contributed by atoms with E-state index < -0.39 is 0 Å². The number of aliphatic hydroxyl groups is 1. The minimum Gasteiger partial charge on any atom is -0.494 e. The zero-order valence-corrected chi connectivity index (χ0v) is 19.3. The summed E-state index contributed by atoms with van der Waals surface area (Å²) < 4.78 is 11.9. The van der Waals surface area contributed by atoms with Gasteiger partial charge in [-0.05, 0) is 45.2 Å². The van der Waals surface area contributed by atoms with E-state index in [4.69, 9.17) is 9.47 Å². The first-order valence-electron chi connectivity index (χ1n) is 10.2. The topological polar surface area (TPSA) is 66.3 Å². The molecule has 2 aliphatic heterocycles. The predicted octanol–water partition coefficient (Wildman–Crippen LogP) is 2.91. The molecule has 156 valence electrons. The first-order chi connectivity index (χ1) is 13.1. The van der Waals surface area contributed by atoms with Crippen molar-refractivity contribution >= 4 is 29.9 Å². The molecule has 3 atom stereocenters.